The van der Waals surface area contributed by atoms with Gasteiger partial charge in [0.2, 0.25) is 0 Å². The number of carbonyl (C=O) groups is 1. The third kappa shape index (κ3) is 4.13. The van der Waals surface area contributed by atoms with Crippen molar-refractivity contribution in [2.45, 2.75) is 25.3 Å². The zero-order valence-electron chi connectivity index (χ0n) is 12.8. The summed E-state index contributed by atoms with van der Waals surface area (Å²) < 4.78 is 14.9. The van der Waals surface area contributed by atoms with Gasteiger partial charge in [-0.1, -0.05) is 17.3 Å². The van der Waals surface area contributed by atoms with E-state index in [1.165, 1.54) is 12.1 Å². The largest absolute Gasteiger partial charge is 0.350 e. The van der Waals surface area contributed by atoms with Gasteiger partial charge in [0, 0.05) is 6.54 Å². The smallest absolute Gasteiger partial charge is 0.273 e. The van der Waals surface area contributed by atoms with Crippen LogP contribution in [0.15, 0.2) is 30.5 Å². The third-order valence-electron chi connectivity index (χ3n) is 4.01. The number of halogens is 1. The van der Waals surface area contributed by atoms with Crippen LogP contribution in [0, 0.1) is 5.82 Å². The molecule has 0 spiro atoms. The Morgan fingerprint density at radius 1 is 1.39 bits per heavy atom. The Bertz CT molecular complexity index is 666. The van der Waals surface area contributed by atoms with E-state index in [4.69, 9.17) is 0 Å². The molecule has 1 aliphatic rings. The van der Waals surface area contributed by atoms with E-state index >= 15 is 0 Å². The second kappa shape index (κ2) is 7.32. The highest BCUT2D eigenvalue weighted by Crippen LogP contribution is 2.16. The Hall–Kier alpha value is -2.28. The lowest BCUT2D eigenvalue weighted by molar-refractivity contribution is 0.0949. The van der Waals surface area contributed by atoms with Crippen molar-refractivity contribution in [3.05, 3.63) is 47.5 Å². The maximum Gasteiger partial charge on any atom is 0.273 e. The summed E-state index contributed by atoms with van der Waals surface area (Å²) >= 11 is 0. The summed E-state index contributed by atoms with van der Waals surface area (Å²) in [7, 11) is 0. The highest BCUT2D eigenvalue weighted by molar-refractivity contribution is 5.91. The van der Waals surface area contributed by atoms with E-state index in [9.17, 15) is 9.18 Å². The molecule has 0 aliphatic carbocycles. The van der Waals surface area contributed by atoms with Crippen LogP contribution >= 0.6 is 0 Å². The number of nitrogens with zero attached hydrogens (tertiary/aromatic N) is 3. The van der Waals surface area contributed by atoms with Gasteiger partial charge in [0.25, 0.3) is 5.91 Å². The molecule has 0 atom stereocenters. The molecule has 3 rings (SSSR count). The van der Waals surface area contributed by atoms with Crippen molar-refractivity contribution < 1.29 is 9.18 Å². The van der Waals surface area contributed by atoms with Crippen molar-refractivity contribution in [3.8, 4) is 0 Å². The predicted molar refractivity (Wildman–Crippen MR) is 83.6 cm³/mol. The van der Waals surface area contributed by atoms with Crippen LogP contribution in [0.5, 0.6) is 0 Å². The number of benzene rings is 1. The summed E-state index contributed by atoms with van der Waals surface area (Å²) in [5.74, 6) is -0.514. The lowest BCUT2D eigenvalue weighted by atomic mass is 10.1. The highest BCUT2D eigenvalue weighted by Gasteiger charge is 2.18. The second-order valence-corrected chi connectivity index (χ2v) is 5.70. The number of amides is 1. The van der Waals surface area contributed by atoms with Crippen molar-refractivity contribution >= 4 is 5.91 Å². The van der Waals surface area contributed by atoms with E-state index in [-0.39, 0.29) is 11.7 Å². The van der Waals surface area contributed by atoms with Crippen molar-refractivity contribution in [3.63, 3.8) is 0 Å². The van der Waals surface area contributed by atoms with Crippen LogP contribution in [-0.2, 0) is 6.42 Å². The number of rotatable bonds is 5. The van der Waals surface area contributed by atoms with E-state index in [1.807, 2.05) is 6.07 Å². The van der Waals surface area contributed by atoms with E-state index in [0.29, 0.717) is 24.7 Å². The zero-order valence-corrected chi connectivity index (χ0v) is 12.8. The van der Waals surface area contributed by atoms with Crippen LogP contribution in [0.2, 0.25) is 0 Å². The summed E-state index contributed by atoms with van der Waals surface area (Å²) in [4.78, 5) is 12.1. The van der Waals surface area contributed by atoms with Gasteiger partial charge >= 0.3 is 0 Å². The van der Waals surface area contributed by atoms with E-state index in [1.54, 1.807) is 16.9 Å². The van der Waals surface area contributed by atoms with Crippen LogP contribution in [0.1, 0.15) is 34.9 Å². The lowest BCUT2D eigenvalue weighted by Crippen LogP contribution is -2.29. The van der Waals surface area contributed by atoms with Crippen molar-refractivity contribution in [1.82, 2.24) is 25.6 Å². The molecule has 2 aromatic rings. The zero-order chi connectivity index (χ0) is 16.1. The van der Waals surface area contributed by atoms with Gasteiger partial charge in [0.15, 0.2) is 5.69 Å². The lowest BCUT2D eigenvalue weighted by Gasteiger charge is -2.22. The van der Waals surface area contributed by atoms with E-state index < -0.39 is 0 Å². The molecule has 1 amide bonds. The van der Waals surface area contributed by atoms with Gasteiger partial charge in [-0.2, -0.15) is 0 Å². The van der Waals surface area contributed by atoms with Gasteiger partial charge in [-0.15, -0.1) is 5.10 Å². The summed E-state index contributed by atoms with van der Waals surface area (Å²) in [6.07, 6.45) is 4.26. The Balaban J connectivity index is 1.51. The SMILES string of the molecule is O=C(NCCc1cccc(F)c1)c1cn(C2CCNCC2)nn1. The number of piperidine rings is 1. The molecule has 1 aromatic heterocycles. The van der Waals surface area contributed by atoms with Crippen LogP contribution in [0.4, 0.5) is 4.39 Å². The monoisotopic (exact) mass is 317 g/mol. The number of hydrogen-bond acceptors (Lipinski definition) is 4. The normalized spacial score (nSPS) is 15.5. The molecule has 2 heterocycles. The maximum absolute atomic E-state index is 13.1. The number of carbonyl (C=O) groups excluding carboxylic acids is 1. The minimum Gasteiger partial charge on any atom is -0.350 e. The first-order valence-corrected chi connectivity index (χ1v) is 7.87. The molecule has 1 saturated heterocycles. The summed E-state index contributed by atoms with van der Waals surface area (Å²) in [5, 5.41) is 14.1. The van der Waals surface area contributed by atoms with Crippen LogP contribution < -0.4 is 10.6 Å². The number of hydrogen-bond donors (Lipinski definition) is 2. The molecule has 2 N–H and O–H groups in total. The van der Waals surface area contributed by atoms with Gasteiger partial charge in [-0.25, -0.2) is 9.07 Å². The first kappa shape index (κ1) is 15.6. The average Bonchev–Trinajstić information content (AvgIpc) is 3.06. The van der Waals surface area contributed by atoms with Gasteiger partial charge in [-0.3, -0.25) is 4.79 Å². The summed E-state index contributed by atoms with van der Waals surface area (Å²) in [6.45, 7) is 2.35. The first-order valence-electron chi connectivity index (χ1n) is 7.87. The predicted octanol–water partition coefficient (Wildman–Crippen LogP) is 1.31. The second-order valence-electron chi connectivity index (χ2n) is 5.70. The minimum atomic E-state index is -0.265. The summed E-state index contributed by atoms with van der Waals surface area (Å²) in [5.41, 5.74) is 1.17. The maximum atomic E-state index is 13.1. The molecule has 6 nitrogen and oxygen atoms in total. The van der Waals surface area contributed by atoms with Crippen molar-refractivity contribution in [2.24, 2.45) is 0 Å². The Morgan fingerprint density at radius 2 is 2.22 bits per heavy atom. The Morgan fingerprint density at radius 3 is 3.00 bits per heavy atom. The molecule has 1 fully saturated rings. The molecule has 1 aromatic carbocycles. The molecule has 0 bridgehead atoms. The van der Waals surface area contributed by atoms with E-state index in [2.05, 4.69) is 20.9 Å². The Kier molecular flexibility index (Phi) is 4.97. The molecule has 122 valence electrons. The standard InChI is InChI=1S/C16H20FN5O/c17-13-3-1-2-12(10-13)4-9-19-16(23)15-11-22(21-20-15)14-5-7-18-8-6-14/h1-3,10-11,14,18H,4-9H2,(H,19,23). The van der Waals surface area contributed by atoms with Crippen LogP contribution in [0.25, 0.3) is 0 Å². The van der Waals surface area contributed by atoms with Crippen LogP contribution in [-0.4, -0.2) is 40.5 Å². The van der Waals surface area contributed by atoms with Crippen molar-refractivity contribution in [1.29, 1.82) is 0 Å². The topological polar surface area (TPSA) is 71.8 Å². The van der Waals surface area contributed by atoms with Gasteiger partial charge < -0.3 is 10.6 Å². The quantitative estimate of drug-likeness (QED) is 0.872. The third-order valence-corrected chi connectivity index (χ3v) is 4.01. The molecule has 7 heteroatoms. The molecule has 0 radical (unpaired) electrons. The number of aromatic nitrogens is 3. The highest BCUT2D eigenvalue weighted by atomic mass is 19.1. The Labute approximate surface area is 134 Å². The fraction of sp³-hybridized carbons (Fsp3) is 0.438. The molecular weight excluding hydrogens is 297 g/mol. The van der Waals surface area contributed by atoms with Gasteiger partial charge in [0.1, 0.15) is 5.82 Å². The minimum absolute atomic E-state index is 0.249. The molecule has 0 unspecified atom stereocenters. The van der Waals surface area contributed by atoms with Crippen LogP contribution in [0.3, 0.4) is 0 Å². The van der Waals surface area contributed by atoms with E-state index in [0.717, 1.165) is 31.5 Å². The summed E-state index contributed by atoms with van der Waals surface area (Å²) in [6, 6.07) is 6.68. The van der Waals surface area contributed by atoms with Crippen molar-refractivity contribution in [2.75, 3.05) is 19.6 Å². The first-order chi connectivity index (χ1) is 11.2. The fourth-order valence-corrected chi connectivity index (χ4v) is 2.73. The number of nitrogens with one attached hydrogen (secondary N) is 2. The average molecular weight is 317 g/mol. The fourth-order valence-electron chi connectivity index (χ4n) is 2.73. The van der Waals surface area contributed by atoms with Gasteiger partial charge in [-0.05, 0) is 50.0 Å². The molecular formula is C16H20FN5O. The molecule has 1 aliphatic heterocycles. The molecule has 0 saturated carbocycles. The molecule has 23 heavy (non-hydrogen) atoms. The van der Waals surface area contributed by atoms with Gasteiger partial charge in [0.05, 0.1) is 12.2 Å².